The van der Waals surface area contributed by atoms with E-state index in [1.807, 2.05) is 63.2 Å². The van der Waals surface area contributed by atoms with Gasteiger partial charge in [0, 0.05) is 34.6 Å². The Labute approximate surface area is 275 Å². The molecule has 1 N–H and O–H groups in total. The lowest BCUT2D eigenvalue weighted by Crippen LogP contribution is -2.54. The highest BCUT2D eigenvalue weighted by Gasteiger charge is 2.35. The van der Waals surface area contributed by atoms with Crippen molar-refractivity contribution < 1.29 is 18.0 Å². The first-order valence-corrected chi connectivity index (χ1v) is 16.9. The number of halogens is 2. The SMILES string of the molecule is CCc1ccccc1N(CC(=O)N(Cc1c(Cl)cccc1Cl)[C@H](Cc1ccccc1)C(=O)NC(C)C)S(=O)(=O)c1ccccc1. The number of amides is 2. The summed E-state index contributed by atoms with van der Waals surface area (Å²) in [6, 6.07) is 28.3. The van der Waals surface area contributed by atoms with Crippen molar-refractivity contribution in [1.29, 1.82) is 0 Å². The molecule has 1 atom stereocenters. The molecule has 0 aliphatic rings. The third-order valence-electron chi connectivity index (χ3n) is 7.34. The van der Waals surface area contributed by atoms with Crippen molar-refractivity contribution >= 4 is 50.7 Å². The predicted octanol–water partition coefficient (Wildman–Crippen LogP) is 6.92. The van der Waals surface area contributed by atoms with Gasteiger partial charge in [0.2, 0.25) is 11.8 Å². The van der Waals surface area contributed by atoms with E-state index in [1.54, 1.807) is 48.5 Å². The summed E-state index contributed by atoms with van der Waals surface area (Å²) in [4.78, 5) is 29.9. The molecular weight excluding hydrogens is 629 g/mol. The maximum atomic E-state index is 14.6. The highest BCUT2D eigenvalue weighted by atomic mass is 35.5. The van der Waals surface area contributed by atoms with Gasteiger partial charge in [0.15, 0.2) is 0 Å². The summed E-state index contributed by atoms with van der Waals surface area (Å²) in [6.45, 7) is 4.92. The third kappa shape index (κ3) is 8.45. The Kier molecular flexibility index (Phi) is 11.7. The zero-order chi connectivity index (χ0) is 32.6. The topological polar surface area (TPSA) is 86.8 Å². The van der Waals surface area contributed by atoms with Gasteiger partial charge in [-0.1, -0.05) is 103 Å². The van der Waals surface area contributed by atoms with Crippen LogP contribution in [0.2, 0.25) is 10.0 Å². The van der Waals surface area contributed by atoms with Crippen molar-refractivity contribution in [2.24, 2.45) is 0 Å². The fourth-order valence-electron chi connectivity index (χ4n) is 5.07. The Hall–Kier alpha value is -3.85. The molecule has 0 unspecified atom stereocenters. The zero-order valence-corrected chi connectivity index (χ0v) is 27.8. The number of carbonyl (C=O) groups is 2. The maximum Gasteiger partial charge on any atom is 0.264 e. The standard InChI is InChI=1S/C35H37Cl2N3O4S/c1-4-27-16-11-12-21-32(27)40(45(43,44)28-17-9-6-10-18-28)24-34(41)39(23-29-30(36)19-13-20-31(29)37)33(35(42)38-25(2)3)22-26-14-7-5-8-15-26/h5-21,25,33H,4,22-24H2,1-3H3,(H,38,42)/t33-/m1/s1. The minimum atomic E-state index is -4.20. The van der Waals surface area contributed by atoms with Gasteiger partial charge >= 0.3 is 0 Å². The first-order chi connectivity index (χ1) is 21.5. The Morgan fingerprint density at radius 1 is 0.800 bits per heavy atom. The quantitative estimate of drug-likeness (QED) is 0.168. The number of para-hydroxylation sites is 1. The van der Waals surface area contributed by atoms with Gasteiger partial charge in [-0.25, -0.2) is 8.42 Å². The zero-order valence-electron chi connectivity index (χ0n) is 25.5. The maximum absolute atomic E-state index is 14.6. The smallest absolute Gasteiger partial charge is 0.264 e. The lowest BCUT2D eigenvalue weighted by molar-refractivity contribution is -0.140. The van der Waals surface area contributed by atoms with Crippen LogP contribution < -0.4 is 9.62 Å². The van der Waals surface area contributed by atoms with E-state index in [-0.39, 0.29) is 29.8 Å². The number of rotatable bonds is 13. The van der Waals surface area contributed by atoms with E-state index in [4.69, 9.17) is 23.2 Å². The van der Waals surface area contributed by atoms with Gasteiger partial charge in [-0.3, -0.25) is 13.9 Å². The normalized spacial score (nSPS) is 12.0. The fraction of sp³-hybridized carbons (Fsp3) is 0.257. The van der Waals surface area contributed by atoms with Crippen LogP contribution in [0.25, 0.3) is 0 Å². The minimum Gasteiger partial charge on any atom is -0.352 e. The number of sulfonamides is 1. The van der Waals surface area contributed by atoms with Crippen molar-refractivity contribution in [3.8, 4) is 0 Å². The molecule has 0 saturated carbocycles. The van der Waals surface area contributed by atoms with Crippen molar-refractivity contribution in [1.82, 2.24) is 10.2 Å². The van der Waals surface area contributed by atoms with Crippen LogP contribution in [0.3, 0.4) is 0 Å². The van der Waals surface area contributed by atoms with Gasteiger partial charge in [0.1, 0.15) is 12.6 Å². The van der Waals surface area contributed by atoms with Crippen molar-refractivity contribution in [3.63, 3.8) is 0 Å². The minimum absolute atomic E-state index is 0.0443. The average Bonchev–Trinajstić information content (AvgIpc) is 3.03. The van der Waals surface area contributed by atoms with Crippen LogP contribution in [-0.2, 0) is 39.0 Å². The highest BCUT2D eigenvalue weighted by molar-refractivity contribution is 7.92. The molecule has 0 saturated heterocycles. The number of carbonyl (C=O) groups excluding carboxylic acids is 2. The first kappa shape index (κ1) is 34.0. The van der Waals surface area contributed by atoms with Gasteiger partial charge in [0.05, 0.1) is 10.6 Å². The van der Waals surface area contributed by atoms with Crippen molar-refractivity contribution in [2.45, 2.75) is 57.1 Å². The molecule has 0 aliphatic heterocycles. The third-order valence-corrected chi connectivity index (χ3v) is 9.83. The molecule has 0 fully saturated rings. The molecule has 2 amide bonds. The van der Waals surface area contributed by atoms with Crippen LogP contribution >= 0.6 is 23.2 Å². The van der Waals surface area contributed by atoms with Crippen LogP contribution in [0.4, 0.5) is 5.69 Å². The lowest BCUT2D eigenvalue weighted by atomic mass is 10.0. The molecule has 45 heavy (non-hydrogen) atoms. The Morgan fingerprint density at radius 2 is 1.38 bits per heavy atom. The molecule has 0 aromatic heterocycles. The van der Waals surface area contributed by atoms with Crippen LogP contribution in [-0.4, -0.2) is 43.8 Å². The van der Waals surface area contributed by atoms with E-state index in [0.29, 0.717) is 27.7 Å². The second-order valence-corrected chi connectivity index (χ2v) is 13.6. The summed E-state index contributed by atoms with van der Waals surface area (Å²) < 4.78 is 29.5. The first-order valence-electron chi connectivity index (χ1n) is 14.7. The van der Waals surface area contributed by atoms with E-state index in [1.165, 1.54) is 17.0 Å². The van der Waals surface area contributed by atoms with Crippen LogP contribution in [0.15, 0.2) is 108 Å². The van der Waals surface area contributed by atoms with Crippen molar-refractivity contribution in [2.75, 3.05) is 10.8 Å². The molecule has 0 spiro atoms. The molecule has 10 heteroatoms. The molecule has 4 aromatic carbocycles. The van der Waals surface area contributed by atoms with Gasteiger partial charge < -0.3 is 10.2 Å². The fourth-order valence-corrected chi connectivity index (χ4v) is 7.06. The van der Waals surface area contributed by atoms with E-state index in [2.05, 4.69) is 5.32 Å². The largest absolute Gasteiger partial charge is 0.352 e. The molecule has 0 bridgehead atoms. The van der Waals surface area contributed by atoms with E-state index < -0.39 is 28.5 Å². The monoisotopic (exact) mass is 665 g/mol. The average molecular weight is 667 g/mol. The number of hydrogen-bond donors (Lipinski definition) is 1. The molecule has 0 radical (unpaired) electrons. The highest BCUT2D eigenvalue weighted by Crippen LogP contribution is 2.30. The van der Waals surface area contributed by atoms with Gasteiger partial charge in [-0.2, -0.15) is 0 Å². The summed E-state index contributed by atoms with van der Waals surface area (Å²) >= 11 is 13.1. The number of benzene rings is 4. The van der Waals surface area contributed by atoms with Crippen LogP contribution in [0, 0.1) is 0 Å². The molecule has 0 aliphatic carbocycles. The predicted molar refractivity (Wildman–Crippen MR) is 181 cm³/mol. The van der Waals surface area contributed by atoms with Gasteiger partial charge in [-0.05, 0) is 61.7 Å². The Bertz CT molecular complexity index is 1700. The lowest BCUT2D eigenvalue weighted by Gasteiger charge is -2.35. The van der Waals surface area contributed by atoms with E-state index in [0.717, 1.165) is 15.4 Å². The second-order valence-electron chi connectivity index (χ2n) is 10.9. The molecule has 4 aromatic rings. The number of aryl methyl sites for hydroxylation is 1. The number of anilines is 1. The molecule has 7 nitrogen and oxygen atoms in total. The second kappa shape index (κ2) is 15.4. The van der Waals surface area contributed by atoms with Crippen LogP contribution in [0.1, 0.15) is 37.5 Å². The summed E-state index contributed by atoms with van der Waals surface area (Å²) in [5.74, 6) is -0.965. The number of nitrogens with zero attached hydrogens (tertiary/aromatic N) is 2. The summed E-state index contributed by atoms with van der Waals surface area (Å²) in [5, 5.41) is 3.60. The summed E-state index contributed by atoms with van der Waals surface area (Å²) in [5.41, 5.74) is 2.42. The van der Waals surface area contributed by atoms with E-state index >= 15 is 0 Å². The molecular formula is C35H37Cl2N3O4S. The Balaban J connectivity index is 1.86. The summed E-state index contributed by atoms with van der Waals surface area (Å²) in [7, 11) is -4.20. The van der Waals surface area contributed by atoms with Crippen LogP contribution in [0.5, 0.6) is 0 Å². The summed E-state index contributed by atoms with van der Waals surface area (Å²) in [6.07, 6.45) is 0.724. The number of hydrogen-bond acceptors (Lipinski definition) is 4. The molecule has 236 valence electrons. The molecule has 4 rings (SSSR count). The Morgan fingerprint density at radius 3 is 1.98 bits per heavy atom. The van der Waals surface area contributed by atoms with Gasteiger partial charge in [-0.15, -0.1) is 0 Å². The molecule has 0 heterocycles. The van der Waals surface area contributed by atoms with E-state index in [9.17, 15) is 18.0 Å². The van der Waals surface area contributed by atoms with Crippen molar-refractivity contribution in [3.05, 3.63) is 130 Å². The van der Waals surface area contributed by atoms with Gasteiger partial charge in [0.25, 0.3) is 10.0 Å². The number of nitrogens with one attached hydrogen (secondary N) is 1.